The second-order valence-corrected chi connectivity index (χ2v) is 5.55. The summed E-state index contributed by atoms with van der Waals surface area (Å²) in [4.78, 5) is 15.9. The first-order chi connectivity index (χ1) is 10.5. The number of carbonyl (C=O) groups is 1. The molecule has 0 radical (unpaired) electrons. The standard InChI is InChI=1S/C17H18N4O/c1-9-7-16(17-10(2)20-21-11(17)3)19-15-6-5-13(8-14(9)15)18-12(4)22/h5-8H,1-4H3,(H,18,22)(H,20,21). The van der Waals surface area contributed by atoms with Crippen LogP contribution in [0.25, 0.3) is 22.2 Å². The summed E-state index contributed by atoms with van der Waals surface area (Å²) in [7, 11) is 0. The lowest BCUT2D eigenvalue weighted by molar-refractivity contribution is -0.114. The molecule has 2 N–H and O–H groups in total. The van der Waals surface area contributed by atoms with E-state index in [4.69, 9.17) is 4.98 Å². The van der Waals surface area contributed by atoms with Gasteiger partial charge in [-0.25, -0.2) is 4.98 Å². The average molecular weight is 294 g/mol. The molecule has 0 aliphatic carbocycles. The number of aryl methyl sites for hydroxylation is 3. The Hall–Kier alpha value is -2.69. The van der Waals surface area contributed by atoms with Crippen LogP contribution in [-0.2, 0) is 4.79 Å². The highest BCUT2D eigenvalue weighted by atomic mass is 16.1. The number of nitrogens with one attached hydrogen (secondary N) is 2. The maximum absolute atomic E-state index is 11.2. The summed E-state index contributed by atoms with van der Waals surface area (Å²) in [5.41, 5.74) is 6.74. The highest BCUT2D eigenvalue weighted by Crippen LogP contribution is 2.29. The van der Waals surface area contributed by atoms with Crippen molar-refractivity contribution in [3.8, 4) is 11.3 Å². The molecule has 112 valence electrons. The number of H-pyrrole nitrogens is 1. The average Bonchev–Trinajstić information content (AvgIpc) is 2.78. The first kappa shape index (κ1) is 14.3. The number of anilines is 1. The van der Waals surface area contributed by atoms with Crippen LogP contribution in [0.1, 0.15) is 23.9 Å². The van der Waals surface area contributed by atoms with E-state index in [2.05, 4.69) is 28.5 Å². The minimum Gasteiger partial charge on any atom is -0.326 e. The predicted molar refractivity (Wildman–Crippen MR) is 87.8 cm³/mol. The van der Waals surface area contributed by atoms with Crippen molar-refractivity contribution in [3.63, 3.8) is 0 Å². The summed E-state index contributed by atoms with van der Waals surface area (Å²) in [6.45, 7) is 7.52. The highest BCUT2D eigenvalue weighted by Gasteiger charge is 2.12. The summed E-state index contributed by atoms with van der Waals surface area (Å²) in [6.07, 6.45) is 0. The number of amides is 1. The van der Waals surface area contributed by atoms with Gasteiger partial charge in [0.15, 0.2) is 0 Å². The van der Waals surface area contributed by atoms with Gasteiger partial charge < -0.3 is 5.32 Å². The molecule has 3 aromatic rings. The Morgan fingerprint density at radius 1 is 1.18 bits per heavy atom. The van der Waals surface area contributed by atoms with Gasteiger partial charge in [-0.15, -0.1) is 0 Å². The molecular formula is C17H18N4O. The minimum atomic E-state index is -0.0776. The zero-order valence-electron chi connectivity index (χ0n) is 13.1. The van der Waals surface area contributed by atoms with Gasteiger partial charge in [-0.2, -0.15) is 5.10 Å². The van der Waals surface area contributed by atoms with Gasteiger partial charge >= 0.3 is 0 Å². The number of hydrogen-bond donors (Lipinski definition) is 2. The fraction of sp³-hybridized carbons (Fsp3) is 0.235. The molecule has 0 saturated carbocycles. The third-order valence-electron chi connectivity index (χ3n) is 3.72. The number of benzene rings is 1. The molecule has 0 saturated heterocycles. The lowest BCUT2D eigenvalue weighted by Crippen LogP contribution is -2.05. The number of nitrogens with zero attached hydrogens (tertiary/aromatic N) is 2. The van der Waals surface area contributed by atoms with Crippen LogP contribution in [0.4, 0.5) is 5.69 Å². The number of rotatable bonds is 2. The third kappa shape index (κ3) is 2.45. The topological polar surface area (TPSA) is 70.7 Å². The van der Waals surface area contributed by atoms with E-state index in [1.165, 1.54) is 6.92 Å². The largest absolute Gasteiger partial charge is 0.326 e. The third-order valence-corrected chi connectivity index (χ3v) is 3.72. The Kier molecular flexibility index (Phi) is 3.41. The molecule has 0 bridgehead atoms. The number of pyridine rings is 1. The molecule has 5 heteroatoms. The Morgan fingerprint density at radius 2 is 1.95 bits per heavy atom. The molecular weight excluding hydrogens is 276 g/mol. The number of fused-ring (bicyclic) bond motifs is 1. The summed E-state index contributed by atoms with van der Waals surface area (Å²) in [5.74, 6) is -0.0776. The number of aromatic amines is 1. The van der Waals surface area contributed by atoms with Gasteiger partial charge in [-0.05, 0) is 50.6 Å². The summed E-state index contributed by atoms with van der Waals surface area (Å²) >= 11 is 0. The Balaban J connectivity index is 2.16. The van der Waals surface area contributed by atoms with Crippen LogP contribution >= 0.6 is 0 Å². The molecule has 0 aliphatic rings. The van der Waals surface area contributed by atoms with E-state index in [1.54, 1.807) is 0 Å². The van der Waals surface area contributed by atoms with E-state index in [-0.39, 0.29) is 5.91 Å². The van der Waals surface area contributed by atoms with Crippen molar-refractivity contribution in [1.29, 1.82) is 0 Å². The first-order valence-corrected chi connectivity index (χ1v) is 7.16. The van der Waals surface area contributed by atoms with E-state index in [0.29, 0.717) is 0 Å². The Bertz CT molecular complexity index is 860. The lowest BCUT2D eigenvalue weighted by atomic mass is 10.0. The highest BCUT2D eigenvalue weighted by molar-refractivity contribution is 5.94. The van der Waals surface area contributed by atoms with Crippen molar-refractivity contribution >= 4 is 22.5 Å². The fourth-order valence-electron chi connectivity index (χ4n) is 2.73. The number of carbonyl (C=O) groups excluding carboxylic acids is 1. The van der Waals surface area contributed by atoms with Gasteiger partial charge in [0.25, 0.3) is 0 Å². The van der Waals surface area contributed by atoms with Gasteiger partial charge in [0.2, 0.25) is 5.91 Å². The molecule has 1 amide bonds. The van der Waals surface area contributed by atoms with Crippen molar-refractivity contribution in [2.75, 3.05) is 5.32 Å². The van der Waals surface area contributed by atoms with Crippen LogP contribution in [0, 0.1) is 20.8 Å². The SMILES string of the molecule is CC(=O)Nc1ccc2nc(-c3c(C)n[nH]c3C)cc(C)c2c1. The molecule has 3 rings (SSSR count). The smallest absolute Gasteiger partial charge is 0.221 e. The Morgan fingerprint density at radius 3 is 2.59 bits per heavy atom. The molecule has 0 aliphatic heterocycles. The predicted octanol–water partition coefficient (Wildman–Crippen LogP) is 3.51. The van der Waals surface area contributed by atoms with Crippen LogP contribution < -0.4 is 5.32 Å². The molecule has 2 heterocycles. The molecule has 0 spiro atoms. The zero-order valence-corrected chi connectivity index (χ0v) is 13.1. The summed E-state index contributed by atoms with van der Waals surface area (Å²) in [6, 6.07) is 7.82. The van der Waals surface area contributed by atoms with Gasteiger partial charge in [0.05, 0.1) is 16.9 Å². The lowest BCUT2D eigenvalue weighted by Gasteiger charge is -2.09. The van der Waals surface area contributed by atoms with Crippen molar-refractivity contribution in [3.05, 3.63) is 41.2 Å². The maximum atomic E-state index is 11.2. The second kappa shape index (κ2) is 5.26. The summed E-state index contributed by atoms with van der Waals surface area (Å²) < 4.78 is 0. The molecule has 0 unspecified atom stereocenters. The van der Waals surface area contributed by atoms with E-state index in [9.17, 15) is 4.79 Å². The molecule has 22 heavy (non-hydrogen) atoms. The van der Waals surface area contributed by atoms with Gasteiger partial charge in [-0.1, -0.05) is 0 Å². The molecule has 5 nitrogen and oxygen atoms in total. The monoisotopic (exact) mass is 294 g/mol. The van der Waals surface area contributed by atoms with Gasteiger partial charge in [0, 0.05) is 29.3 Å². The van der Waals surface area contributed by atoms with Crippen LogP contribution in [0.15, 0.2) is 24.3 Å². The van der Waals surface area contributed by atoms with Gasteiger partial charge in [-0.3, -0.25) is 9.89 Å². The van der Waals surface area contributed by atoms with Crippen molar-refractivity contribution in [1.82, 2.24) is 15.2 Å². The maximum Gasteiger partial charge on any atom is 0.221 e. The Labute approximate surface area is 128 Å². The van der Waals surface area contributed by atoms with E-state index >= 15 is 0 Å². The van der Waals surface area contributed by atoms with Crippen LogP contribution in [-0.4, -0.2) is 21.1 Å². The van der Waals surface area contributed by atoms with E-state index in [0.717, 1.165) is 44.8 Å². The zero-order chi connectivity index (χ0) is 15.9. The van der Waals surface area contributed by atoms with Gasteiger partial charge in [0.1, 0.15) is 0 Å². The number of hydrogen-bond acceptors (Lipinski definition) is 3. The second-order valence-electron chi connectivity index (χ2n) is 5.55. The molecule has 0 fully saturated rings. The van der Waals surface area contributed by atoms with Crippen LogP contribution in [0.5, 0.6) is 0 Å². The van der Waals surface area contributed by atoms with Crippen molar-refractivity contribution in [2.45, 2.75) is 27.7 Å². The van der Waals surface area contributed by atoms with Crippen molar-refractivity contribution < 1.29 is 4.79 Å². The quantitative estimate of drug-likeness (QED) is 0.759. The van der Waals surface area contributed by atoms with Crippen LogP contribution in [0.3, 0.4) is 0 Å². The molecule has 0 atom stereocenters. The minimum absolute atomic E-state index is 0.0776. The first-order valence-electron chi connectivity index (χ1n) is 7.16. The van der Waals surface area contributed by atoms with E-state index in [1.807, 2.05) is 32.0 Å². The number of aromatic nitrogens is 3. The normalized spacial score (nSPS) is 10.9. The van der Waals surface area contributed by atoms with Crippen molar-refractivity contribution in [2.24, 2.45) is 0 Å². The summed E-state index contributed by atoms with van der Waals surface area (Å²) in [5, 5.41) is 11.1. The molecule has 2 aromatic heterocycles. The van der Waals surface area contributed by atoms with E-state index < -0.39 is 0 Å². The van der Waals surface area contributed by atoms with Crippen LogP contribution in [0.2, 0.25) is 0 Å². The fourth-order valence-corrected chi connectivity index (χ4v) is 2.73. The molecule has 1 aromatic carbocycles.